The van der Waals surface area contributed by atoms with Gasteiger partial charge in [0, 0.05) is 23.2 Å². The van der Waals surface area contributed by atoms with E-state index in [1.165, 1.54) is 0 Å². The predicted molar refractivity (Wildman–Crippen MR) is 166 cm³/mol. The molecule has 0 aromatic carbocycles. The highest BCUT2D eigenvalue weighted by molar-refractivity contribution is 5.36. The maximum atomic E-state index is 12.7. The number of hydrogen-bond donors (Lipinski definition) is 7. The van der Waals surface area contributed by atoms with E-state index in [-0.39, 0.29) is 46.0 Å². The molecule has 11 nitrogen and oxygen atoms in total. The summed E-state index contributed by atoms with van der Waals surface area (Å²) in [5, 5.41) is 77.1. The van der Waals surface area contributed by atoms with Gasteiger partial charge in [0.05, 0.1) is 30.5 Å². The van der Waals surface area contributed by atoms with Gasteiger partial charge in [0.15, 0.2) is 12.1 Å². The quantitative estimate of drug-likeness (QED) is 0.216. The lowest BCUT2D eigenvalue weighted by Crippen LogP contribution is -2.64. The number of aliphatic hydroxyl groups excluding tert-OH is 6. The third kappa shape index (κ3) is 3.76. The maximum absolute atomic E-state index is 12.7. The highest BCUT2D eigenvalue weighted by Crippen LogP contribution is 2.90. The molecule has 7 N–H and O–H groups in total. The fourth-order valence-electron chi connectivity index (χ4n) is 14.2. The van der Waals surface area contributed by atoms with Gasteiger partial charge in [-0.3, -0.25) is 0 Å². The van der Waals surface area contributed by atoms with Gasteiger partial charge >= 0.3 is 0 Å². The highest BCUT2D eigenvalue weighted by atomic mass is 16.8. The average Bonchev–Trinajstić information content (AvgIpc) is 3.55. The van der Waals surface area contributed by atoms with E-state index in [0.29, 0.717) is 6.42 Å². The zero-order valence-electron chi connectivity index (χ0n) is 29.0. The van der Waals surface area contributed by atoms with Crippen LogP contribution in [0.5, 0.6) is 0 Å². The number of hydrogen-bond acceptors (Lipinski definition) is 11. The third-order valence-electron chi connectivity index (χ3n) is 16.3. The molecule has 47 heavy (non-hydrogen) atoms. The molecule has 8 fully saturated rings. The Balaban J connectivity index is 1.11. The number of aliphatic hydroxyl groups is 7. The van der Waals surface area contributed by atoms with Gasteiger partial charge in [-0.05, 0) is 86.4 Å². The first-order valence-electron chi connectivity index (χ1n) is 18.2. The number of fused-ring (bicyclic) bond motifs is 4. The summed E-state index contributed by atoms with van der Waals surface area (Å²) in [6.45, 7) is 14.2. The van der Waals surface area contributed by atoms with Crippen LogP contribution in [-0.4, -0.2) is 115 Å². The molecule has 3 saturated heterocycles. The van der Waals surface area contributed by atoms with Crippen molar-refractivity contribution in [1.82, 2.24) is 0 Å². The van der Waals surface area contributed by atoms with Crippen molar-refractivity contribution >= 4 is 0 Å². The van der Waals surface area contributed by atoms with Crippen LogP contribution in [-0.2, 0) is 18.9 Å². The fourth-order valence-corrected chi connectivity index (χ4v) is 14.2. The molecule has 5 aliphatic carbocycles. The summed E-state index contributed by atoms with van der Waals surface area (Å²) in [6.07, 6.45) is -4.09. The number of rotatable bonds is 4. The summed E-state index contributed by atoms with van der Waals surface area (Å²) < 4.78 is 25.7. The molecule has 0 aromatic heterocycles. The Labute approximate surface area is 277 Å². The molecular formula is C36H58O11. The smallest absolute Gasteiger partial charge is 0.199 e. The molecule has 2 bridgehead atoms. The first kappa shape index (κ1) is 33.7. The number of ether oxygens (including phenoxy) is 4. The topological polar surface area (TPSA) is 179 Å². The van der Waals surface area contributed by atoms with Crippen molar-refractivity contribution in [3.05, 3.63) is 0 Å². The van der Waals surface area contributed by atoms with Gasteiger partial charge in [0.25, 0.3) is 0 Å². The molecule has 3 aliphatic heterocycles. The summed E-state index contributed by atoms with van der Waals surface area (Å²) >= 11 is 0. The molecule has 268 valence electrons. The molecule has 8 rings (SSSR count). The molecule has 3 heterocycles. The maximum Gasteiger partial charge on any atom is 0.199 e. The van der Waals surface area contributed by atoms with Crippen molar-refractivity contribution in [2.75, 3.05) is 6.61 Å². The summed E-state index contributed by atoms with van der Waals surface area (Å²) in [5.74, 6) is -0.686. The lowest BCUT2D eigenvalue weighted by Gasteiger charge is -2.64. The van der Waals surface area contributed by atoms with Gasteiger partial charge in [0.1, 0.15) is 36.6 Å². The standard InChI is InChI=1S/C36H58O11/c1-16-12-17-27(31(4,5)43)47-36(46-17)26(16)32(6)10-11-34-15-35(34)19(8-9-20(34)33(32,7)29(36)42)30(2,3)22(13-21(35)38)45-28-25(41)24(40)23(39)18(14-37)44-28/h16-29,37-43H,8-15H2,1-7H3/t16-,17-,18-,19?,20+,21+,22+,23+,24+,25-,26-,27+,28+,29-,32-,33-,34+,35-,36+/m1/s1. The second-order valence-electron chi connectivity index (χ2n) is 18.8. The van der Waals surface area contributed by atoms with E-state index in [9.17, 15) is 35.7 Å². The fraction of sp³-hybridized carbons (Fsp3) is 1.00. The lowest BCUT2D eigenvalue weighted by atomic mass is 9.41. The summed E-state index contributed by atoms with van der Waals surface area (Å²) in [4.78, 5) is 0. The average molecular weight is 667 g/mol. The van der Waals surface area contributed by atoms with Crippen molar-refractivity contribution in [2.45, 2.75) is 166 Å². The first-order chi connectivity index (χ1) is 21.8. The highest BCUT2D eigenvalue weighted by Gasteiger charge is 2.89. The van der Waals surface area contributed by atoms with Crippen molar-refractivity contribution < 1.29 is 54.7 Å². The van der Waals surface area contributed by atoms with E-state index in [2.05, 4.69) is 34.6 Å². The van der Waals surface area contributed by atoms with E-state index >= 15 is 0 Å². The van der Waals surface area contributed by atoms with E-state index < -0.39 is 83.9 Å². The molecule has 0 amide bonds. The van der Waals surface area contributed by atoms with E-state index in [0.717, 1.165) is 38.5 Å². The predicted octanol–water partition coefficient (Wildman–Crippen LogP) is 1.45. The Kier molecular flexibility index (Phi) is 7.10. The van der Waals surface area contributed by atoms with Crippen LogP contribution in [0, 0.1) is 50.7 Å². The summed E-state index contributed by atoms with van der Waals surface area (Å²) in [6, 6.07) is 0. The minimum Gasteiger partial charge on any atom is -0.394 e. The molecule has 0 aromatic rings. The van der Waals surface area contributed by atoms with Crippen molar-refractivity contribution in [2.24, 2.45) is 50.7 Å². The van der Waals surface area contributed by atoms with Crippen LogP contribution in [0.15, 0.2) is 0 Å². The molecule has 0 radical (unpaired) electrons. The van der Waals surface area contributed by atoms with Crippen LogP contribution in [0.2, 0.25) is 0 Å². The zero-order chi connectivity index (χ0) is 34.1. The molecule has 19 atom stereocenters. The van der Waals surface area contributed by atoms with Gasteiger partial charge < -0.3 is 54.7 Å². The van der Waals surface area contributed by atoms with Crippen LogP contribution in [0.4, 0.5) is 0 Å². The Hall–Kier alpha value is -0.440. The van der Waals surface area contributed by atoms with Gasteiger partial charge in [0.2, 0.25) is 0 Å². The Morgan fingerprint density at radius 3 is 2.21 bits per heavy atom. The lowest BCUT2D eigenvalue weighted by molar-refractivity contribution is -0.331. The van der Waals surface area contributed by atoms with Crippen LogP contribution >= 0.6 is 0 Å². The van der Waals surface area contributed by atoms with Crippen LogP contribution in [0.25, 0.3) is 0 Å². The Morgan fingerprint density at radius 2 is 1.55 bits per heavy atom. The van der Waals surface area contributed by atoms with Gasteiger partial charge in [-0.15, -0.1) is 0 Å². The van der Waals surface area contributed by atoms with Crippen LogP contribution < -0.4 is 0 Å². The van der Waals surface area contributed by atoms with Crippen molar-refractivity contribution in [3.8, 4) is 0 Å². The van der Waals surface area contributed by atoms with Gasteiger partial charge in [-0.2, -0.15) is 0 Å². The normalized spacial score (nSPS) is 62.2. The van der Waals surface area contributed by atoms with E-state index in [4.69, 9.17) is 18.9 Å². The van der Waals surface area contributed by atoms with Crippen molar-refractivity contribution in [1.29, 1.82) is 0 Å². The second kappa shape index (κ2) is 9.91. The first-order valence-corrected chi connectivity index (χ1v) is 18.2. The molecule has 5 saturated carbocycles. The minimum absolute atomic E-state index is 0.0209. The van der Waals surface area contributed by atoms with Gasteiger partial charge in [-0.25, -0.2) is 0 Å². The molecule has 8 aliphatic rings. The third-order valence-corrected chi connectivity index (χ3v) is 16.3. The van der Waals surface area contributed by atoms with E-state index in [1.54, 1.807) is 13.8 Å². The molecular weight excluding hydrogens is 608 g/mol. The summed E-state index contributed by atoms with van der Waals surface area (Å²) in [5.41, 5.74) is -2.82. The largest absolute Gasteiger partial charge is 0.394 e. The molecule has 11 heteroatoms. The van der Waals surface area contributed by atoms with E-state index in [1.807, 2.05) is 0 Å². The van der Waals surface area contributed by atoms with Gasteiger partial charge in [-0.1, -0.05) is 34.6 Å². The second-order valence-corrected chi connectivity index (χ2v) is 18.8. The minimum atomic E-state index is -1.53. The van der Waals surface area contributed by atoms with Crippen LogP contribution in [0.3, 0.4) is 0 Å². The van der Waals surface area contributed by atoms with Crippen LogP contribution in [0.1, 0.15) is 93.4 Å². The monoisotopic (exact) mass is 666 g/mol. The van der Waals surface area contributed by atoms with Crippen molar-refractivity contribution in [3.63, 3.8) is 0 Å². The SMILES string of the molecule is C[C@@H]1C[C@H]2O[C@@]3(O[C@@H]2C(C)(C)O)[C@H](O)[C@@]2(C)[C@@H]4CCC5C(C)(C)[C@@H](O[C@@H]6O[C@H](CO)[C@H](O)[C@H](O)[C@H]6O)C[C@H](O)[C@@]56C[C@@]46CC[C@]2(C)[C@@H]13. The molecule has 3 spiro atoms. The molecule has 1 unspecified atom stereocenters. The Bertz CT molecular complexity index is 1290. The Morgan fingerprint density at radius 1 is 0.872 bits per heavy atom. The summed E-state index contributed by atoms with van der Waals surface area (Å²) in [7, 11) is 0. The zero-order valence-corrected chi connectivity index (χ0v) is 29.0.